The van der Waals surface area contributed by atoms with Crippen LogP contribution < -0.4 is 0 Å². The summed E-state index contributed by atoms with van der Waals surface area (Å²) in [6.45, 7) is 0. The molecule has 0 aliphatic heterocycles. The van der Waals surface area contributed by atoms with E-state index in [0.717, 1.165) is 84.0 Å². The van der Waals surface area contributed by atoms with E-state index in [-0.39, 0.29) is 0 Å². The molecule has 0 aliphatic carbocycles. The number of pyridine rings is 1. The summed E-state index contributed by atoms with van der Waals surface area (Å²) in [4.78, 5) is 16.0. The summed E-state index contributed by atoms with van der Waals surface area (Å²) in [6.07, 6.45) is 0. The highest BCUT2D eigenvalue weighted by Crippen LogP contribution is 2.48. The lowest BCUT2D eigenvalue weighted by molar-refractivity contribution is 1.18. The van der Waals surface area contributed by atoms with Gasteiger partial charge in [-0.05, 0) is 33.9 Å². The number of nitrogens with zero attached hydrogens (tertiary/aromatic N) is 3. The molecule has 10 rings (SSSR count). The average molecular weight is 766 g/mol. The molecule has 2 heterocycles. The van der Waals surface area contributed by atoms with E-state index in [0.29, 0.717) is 5.82 Å². The fourth-order valence-corrected chi connectivity index (χ4v) is 7.99. The normalized spacial score (nSPS) is 11.0. The van der Waals surface area contributed by atoms with Crippen molar-refractivity contribution in [3.63, 3.8) is 0 Å². The maximum Gasteiger partial charge on any atom is 0.160 e. The van der Waals surface area contributed by atoms with E-state index in [4.69, 9.17) is 15.0 Å². The second kappa shape index (κ2) is 16.5. The Morgan fingerprint density at radius 3 is 0.917 bits per heavy atom. The van der Waals surface area contributed by atoms with Crippen LogP contribution in [-0.2, 0) is 0 Å². The minimum absolute atomic E-state index is 0.668. The van der Waals surface area contributed by atoms with Crippen molar-refractivity contribution >= 4 is 0 Å². The van der Waals surface area contributed by atoms with E-state index in [9.17, 15) is 0 Å². The maximum atomic E-state index is 5.60. The predicted octanol–water partition coefficient (Wildman–Crippen LogP) is 14.9. The van der Waals surface area contributed by atoms with Crippen LogP contribution in [0.4, 0.5) is 0 Å². The van der Waals surface area contributed by atoms with Crippen molar-refractivity contribution in [3.05, 3.63) is 237 Å². The van der Waals surface area contributed by atoms with Gasteiger partial charge in [0.25, 0.3) is 0 Å². The van der Waals surface area contributed by atoms with Crippen LogP contribution in [0, 0.1) is 0 Å². The number of rotatable bonds is 9. The monoisotopic (exact) mass is 765 g/mol. The Labute approximate surface area is 351 Å². The molecule has 8 aromatic carbocycles. The molecule has 0 aliphatic rings. The standard InChI is InChI=1S/C57H39N3/c1-7-19-40(20-8-1)41-31-33-43(34-32-41)51-39-50(42-21-9-2-10-22-42)58-57(59-51)49-37-35-46(36-38-49)52-53(44-23-11-3-12-24-44)55(47-27-15-5-16-28-47)60-56(48-29-17-6-18-30-48)54(52)45-25-13-4-14-26-45/h1-39H. The van der Waals surface area contributed by atoms with Crippen LogP contribution >= 0.6 is 0 Å². The van der Waals surface area contributed by atoms with E-state index >= 15 is 0 Å². The number of benzene rings is 8. The summed E-state index contributed by atoms with van der Waals surface area (Å²) >= 11 is 0. The molecule has 0 spiro atoms. The zero-order chi connectivity index (χ0) is 40.1. The molecule has 0 bridgehead atoms. The quantitative estimate of drug-likeness (QED) is 0.147. The minimum atomic E-state index is 0.668. The van der Waals surface area contributed by atoms with Crippen molar-refractivity contribution in [2.45, 2.75) is 0 Å². The Morgan fingerprint density at radius 1 is 0.200 bits per heavy atom. The van der Waals surface area contributed by atoms with Crippen LogP contribution in [0.15, 0.2) is 237 Å². The van der Waals surface area contributed by atoms with E-state index in [2.05, 4.69) is 224 Å². The van der Waals surface area contributed by atoms with Crippen LogP contribution in [-0.4, -0.2) is 15.0 Å². The zero-order valence-corrected chi connectivity index (χ0v) is 32.9. The van der Waals surface area contributed by atoms with Crippen molar-refractivity contribution in [2.75, 3.05) is 0 Å². The second-order valence-electron chi connectivity index (χ2n) is 14.7. The van der Waals surface area contributed by atoms with Gasteiger partial charge in [0.05, 0.1) is 22.8 Å². The van der Waals surface area contributed by atoms with Gasteiger partial charge in [-0.3, -0.25) is 0 Å². The first-order chi connectivity index (χ1) is 29.8. The van der Waals surface area contributed by atoms with Crippen molar-refractivity contribution in [1.29, 1.82) is 0 Å². The fraction of sp³-hybridized carbons (Fsp3) is 0. The van der Waals surface area contributed by atoms with Crippen LogP contribution in [0.25, 0.3) is 101 Å². The molecule has 3 nitrogen and oxygen atoms in total. The Balaban J connectivity index is 1.18. The predicted molar refractivity (Wildman–Crippen MR) is 249 cm³/mol. The van der Waals surface area contributed by atoms with E-state index in [1.807, 2.05) is 12.1 Å². The highest BCUT2D eigenvalue weighted by atomic mass is 14.9. The number of hydrogen-bond acceptors (Lipinski definition) is 3. The Hall–Kier alpha value is -8.01. The molecule has 0 N–H and O–H groups in total. The van der Waals surface area contributed by atoms with Gasteiger partial charge in [0.2, 0.25) is 0 Å². The maximum absolute atomic E-state index is 5.60. The molecule has 10 aromatic rings. The van der Waals surface area contributed by atoms with Gasteiger partial charge < -0.3 is 0 Å². The summed E-state index contributed by atoms with van der Waals surface area (Å²) in [7, 11) is 0. The van der Waals surface area contributed by atoms with Crippen molar-refractivity contribution in [1.82, 2.24) is 15.0 Å². The average Bonchev–Trinajstić information content (AvgIpc) is 3.35. The molecule has 0 saturated heterocycles. The third-order valence-electron chi connectivity index (χ3n) is 10.9. The molecule has 282 valence electrons. The first-order valence-corrected chi connectivity index (χ1v) is 20.3. The smallest absolute Gasteiger partial charge is 0.160 e. The molecule has 0 saturated carbocycles. The van der Waals surface area contributed by atoms with Gasteiger partial charge in [0, 0.05) is 44.5 Å². The van der Waals surface area contributed by atoms with Crippen molar-refractivity contribution in [3.8, 4) is 101 Å². The van der Waals surface area contributed by atoms with E-state index in [1.54, 1.807) is 0 Å². The minimum Gasteiger partial charge on any atom is -0.246 e. The molecular formula is C57H39N3. The number of hydrogen-bond donors (Lipinski definition) is 0. The van der Waals surface area contributed by atoms with Gasteiger partial charge in [-0.2, -0.15) is 0 Å². The molecular weight excluding hydrogens is 727 g/mol. The first kappa shape index (κ1) is 36.3. The van der Waals surface area contributed by atoms with Gasteiger partial charge in [-0.1, -0.05) is 231 Å². The van der Waals surface area contributed by atoms with E-state index in [1.165, 1.54) is 11.1 Å². The van der Waals surface area contributed by atoms with E-state index < -0.39 is 0 Å². The summed E-state index contributed by atoms with van der Waals surface area (Å²) in [6, 6.07) is 82.7. The van der Waals surface area contributed by atoms with Crippen LogP contribution in [0.1, 0.15) is 0 Å². The highest BCUT2D eigenvalue weighted by molar-refractivity contribution is 6.05. The molecule has 0 fully saturated rings. The lowest BCUT2D eigenvalue weighted by Gasteiger charge is -2.23. The van der Waals surface area contributed by atoms with Crippen LogP contribution in [0.3, 0.4) is 0 Å². The van der Waals surface area contributed by atoms with Crippen molar-refractivity contribution < 1.29 is 0 Å². The number of aromatic nitrogens is 3. The van der Waals surface area contributed by atoms with Gasteiger partial charge in [0.1, 0.15) is 0 Å². The molecule has 0 amide bonds. The Kier molecular flexibility index (Phi) is 9.97. The summed E-state index contributed by atoms with van der Waals surface area (Å²) < 4.78 is 0. The largest absolute Gasteiger partial charge is 0.246 e. The summed E-state index contributed by atoms with van der Waals surface area (Å²) in [5.74, 6) is 0.668. The molecule has 60 heavy (non-hydrogen) atoms. The summed E-state index contributed by atoms with van der Waals surface area (Å²) in [5.41, 5.74) is 17.6. The topological polar surface area (TPSA) is 38.7 Å². The van der Waals surface area contributed by atoms with Crippen LogP contribution in [0.2, 0.25) is 0 Å². The van der Waals surface area contributed by atoms with Crippen LogP contribution in [0.5, 0.6) is 0 Å². The third kappa shape index (κ3) is 7.32. The second-order valence-corrected chi connectivity index (χ2v) is 14.7. The SMILES string of the molecule is c1ccc(-c2ccc(-c3cc(-c4ccccc4)nc(-c4ccc(-c5c(-c6ccccc6)c(-c6ccccc6)nc(-c6ccccc6)c5-c5ccccc5)cc4)n3)cc2)cc1. The highest BCUT2D eigenvalue weighted by Gasteiger charge is 2.25. The lowest BCUT2D eigenvalue weighted by atomic mass is 9.83. The summed E-state index contributed by atoms with van der Waals surface area (Å²) in [5, 5.41) is 0. The Bertz CT molecular complexity index is 2910. The molecule has 3 heteroatoms. The lowest BCUT2D eigenvalue weighted by Crippen LogP contribution is -2.01. The van der Waals surface area contributed by atoms with Gasteiger partial charge in [-0.25, -0.2) is 15.0 Å². The first-order valence-electron chi connectivity index (χ1n) is 20.3. The third-order valence-corrected chi connectivity index (χ3v) is 10.9. The Morgan fingerprint density at radius 2 is 0.483 bits per heavy atom. The fourth-order valence-electron chi connectivity index (χ4n) is 7.99. The molecule has 2 aromatic heterocycles. The van der Waals surface area contributed by atoms with Gasteiger partial charge >= 0.3 is 0 Å². The van der Waals surface area contributed by atoms with Gasteiger partial charge in [0.15, 0.2) is 5.82 Å². The zero-order valence-electron chi connectivity index (χ0n) is 32.9. The molecule has 0 unspecified atom stereocenters. The van der Waals surface area contributed by atoms with Gasteiger partial charge in [-0.15, -0.1) is 0 Å². The van der Waals surface area contributed by atoms with Crippen molar-refractivity contribution in [2.24, 2.45) is 0 Å². The molecule has 0 radical (unpaired) electrons. The molecule has 0 atom stereocenters.